The molecule has 0 aliphatic carbocycles. The molecule has 0 unspecified atom stereocenters. The van der Waals surface area contributed by atoms with Gasteiger partial charge in [0.15, 0.2) is 0 Å². The third-order valence-electron chi connectivity index (χ3n) is 4.84. The van der Waals surface area contributed by atoms with E-state index in [9.17, 15) is 9.18 Å². The molecule has 0 spiro atoms. The van der Waals surface area contributed by atoms with Gasteiger partial charge in [-0.15, -0.1) is 0 Å². The van der Waals surface area contributed by atoms with Gasteiger partial charge >= 0.3 is 0 Å². The minimum atomic E-state index is -0.440. The Kier molecular flexibility index (Phi) is 4.48. The molecule has 0 aromatic heterocycles. The normalized spacial score (nSPS) is 16.2. The Bertz CT molecular complexity index is 954. The summed E-state index contributed by atoms with van der Waals surface area (Å²) >= 11 is 5.94. The van der Waals surface area contributed by atoms with E-state index in [1.54, 1.807) is 47.4 Å². The summed E-state index contributed by atoms with van der Waals surface area (Å²) in [6.07, 6.45) is 0.750. The maximum absolute atomic E-state index is 14.6. The Morgan fingerprint density at radius 3 is 2.31 bits per heavy atom. The van der Waals surface area contributed by atoms with Gasteiger partial charge in [-0.1, -0.05) is 54.1 Å². The number of carbonyl (C=O) groups excluding carboxylic acids is 1. The van der Waals surface area contributed by atoms with Crippen molar-refractivity contribution < 1.29 is 9.18 Å². The molecule has 1 amide bonds. The van der Waals surface area contributed by atoms with E-state index >= 15 is 0 Å². The van der Waals surface area contributed by atoms with Crippen molar-refractivity contribution in [2.24, 2.45) is 0 Å². The first-order valence-corrected chi connectivity index (χ1v) is 8.92. The molecule has 1 aliphatic heterocycles. The predicted molar refractivity (Wildman–Crippen MR) is 101 cm³/mol. The second-order valence-corrected chi connectivity index (χ2v) is 6.81. The molecule has 2 nitrogen and oxygen atoms in total. The van der Waals surface area contributed by atoms with Crippen molar-refractivity contribution in [2.45, 2.75) is 12.5 Å². The van der Waals surface area contributed by atoms with E-state index in [2.05, 4.69) is 0 Å². The summed E-state index contributed by atoms with van der Waals surface area (Å²) in [7, 11) is 0. The Balaban J connectivity index is 1.82. The van der Waals surface area contributed by atoms with Crippen LogP contribution in [0.4, 0.5) is 4.39 Å². The van der Waals surface area contributed by atoms with Gasteiger partial charge in [-0.3, -0.25) is 4.79 Å². The predicted octanol–water partition coefficient (Wildman–Crippen LogP) is 5.27. The Morgan fingerprint density at radius 2 is 1.58 bits per heavy atom. The summed E-state index contributed by atoms with van der Waals surface area (Å²) in [5, 5.41) is 0.580. The zero-order valence-corrected chi connectivity index (χ0v) is 14.8. The monoisotopic (exact) mass is 365 g/mol. The highest BCUT2D eigenvalue weighted by molar-refractivity contribution is 6.30. The van der Waals surface area contributed by atoms with Gasteiger partial charge in [0.2, 0.25) is 0 Å². The standard InChI is InChI=1S/C22H17ClFNO/c23-17-11-9-16(10-12-17)22(26)25-14-13-15-5-1-2-6-18(15)21(25)19-7-3-4-8-20(19)24/h1-12,21H,13-14H2/t21-/m1/s1. The number of hydrogen-bond acceptors (Lipinski definition) is 1. The van der Waals surface area contributed by atoms with Crippen molar-refractivity contribution in [1.29, 1.82) is 0 Å². The fourth-order valence-electron chi connectivity index (χ4n) is 3.58. The largest absolute Gasteiger partial charge is 0.327 e. The SMILES string of the molecule is O=C(c1ccc(Cl)cc1)N1CCc2ccccc2[C@@H]1c1ccccc1F. The van der Waals surface area contributed by atoms with Crippen molar-refractivity contribution in [3.05, 3.63) is 106 Å². The van der Waals surface area contributed by atoms with Crippen LogP contribution in [0.3, 0.4) is 0 Å². The van der Waals surface area contributed by atoms with E-state index in [0.717, 1.165) is 17.5 Å². The van der Waals surface area contributed by atoms with Crippen LogP contribution in [0.5, 0.6) is 0 Å². The van der Waals surface area contributed by atoms with Gasteiger partial charge in [-0.25, -0.2) is 4.39 Å². The second-order valence-electron chi connectivity index (χ2n) is 6.38. The van der Waals surface area contributed by atoms with Crippen LogP contribution in [-0.2, 0) is 6.42 Å². The van der Waals surface area contributed by atoms with E-state index in [0.29, 0.717) is 22.7 Å². The van der Waals surface area contributed by atoms with Crippen molar-refractivity contribution >= 4 is 17.5 Å². The van der Waals surface area contributed by atoms with E-state index < -0.39 is 6.04 Å². The fraction of sp³-hybridized carbons (Fsp3) is 0.136. The lowest BCUT2D eigenvalue weighted by molar-refractivity contribution is 0.0692. The van der Waals surface area contributed by atoms with E-state index in [-0.39, 0.29) is 11.7 Å². The van der Waals surface area contributed by atoms with Crippen LogP contribution in [0.2, 0.25) is 5.02 Å². The van der Waals surface area contributed by atoms with E-state index in [1.165, 1.54) is 6.07 Å². The number of amides is 1. The zero-order valence-electron chi connectivity index (χ0n) is 14.0. The van der Waals surface area contributed by atoms with Crippen LogP contribution in [0, 0.1) is 5.82 Å². The molecule has 26 heavy (non-hydrogen) atoms. The highest BCUT2D eigenvalue weighted by Gasteiger charge is 2.33. The first kappa shape index (κ1) is 16.8. The van der Waals surface area contributed by atoms with Crippen LogP contribution >= 0.6 is 11.6 Å². The molecule has 0 fully saturated rings. The van der Waals surface area contributed by atoms with Gasteiger partial charge in [0.25, 0.3) is 5.91 Å². The third-order valence-corrected chi connectivity index (χ3v) is 5.09. The highest BCUT2D eigenvalue weighted by atomic mass is 35.5. The van der Waals surface area contributed by atoms with Crippen LogP contribution < -0.4 is 0 Å². The quantitative estimate of drug-likeness (QED) is 0.606. The molecule has 0 saturated carbocycles. The lowest BCUT2D eigenvalue weighted by Gasteiger charge is -2.38. The van der Waals surface area contributed by atoms with E-state index in [1.807, 2.05) is 24.3 Å². The fourth-order valence-corrected chi connectivity index (χ4v) is 3.70. The minimum absolute atomic E-state index is 0.121. The molecule has 0 radical (unpaired) electrons. The Morgan fingerprint density at radius 1 is 0.923 bits per heavy atom. The number of fused-ring (bicyclic) bond motifs is 1. The molecule has 4 rings (SSSR count). The van der Waals surface area contributed by atoms with Crippen molar-refractivity contribution in [3.63, 3.8) is 0 Å². The summed E-state index contributed by atoms with van der Waals surface area (Å²) < 4.78 is 14.6. The van der Waals surface area contributed by atoms with Crippen molar-refractivity contribution in [2.75, 3.05) is 6.54 Å². The summed E-state index contributed by atoms with van der Waals surface area (Å²) in [4.78, 5) is 14.9. The molecule has 0 bridgehead atoms. The van der Waals surface area contributed by atoms with Crippen LogP contribution in [0.25, 0.3) is 0 Å². The van der Waals surface area contributed by atoms with Crippen LogP contribution in [0.1, 0.15) is 33.1 Å². The molecule has 1 aliphatic rings. The van der Waals surface area contributed by atoms with Crippen LogP contribution in [0.15, 0.2) is 72.8 Å². The summed E-state index contributed by atoms with van der Waals surface area (Å²) in [5.74, 6) is -0.424. The molecule has 130 valence electrons. The molecular formula is C22H17ClFNO. The smallest absolute Gasteiger partial charge is 0.254 e. The average Bonchev–Trinajstić information content (AvgIpc) is 2.68. The maximum Gasteiger partial charge on any atom is 0.254 e. The van der Waals surface area contributed by atoms with Crippen LogP contribution in [-0.4, -0.2) is 17.4 Å². The molecule has 1 atom stereocenters. The summed E-state index contributed by atoms with van der Waals surface area (Å²) in [6.45, 7) is 0.539. The van der Waals surface area contributed by atoms with Gasteiger partial charge in [0.05, 0.1) is 6.04 Å². The molecule has 0 saturated heterocycles. The zero-order chi connectivity index (χ0) is 18.1. The first-order chi connectivity index (χ1) is 12.6. The van der Waals surface area contributed by atoms with Gasteiger partial charge in [0.1, 0.15) is 5.82 Å². The molecular weight excluding hydrogens is 349 g/mol. The molecule has 1 heterocycles. The lowest BCUT2D eigenvalue weighted by atomic mass is 9.87. The Labute approximate surface area is 156 Å². The Hall–Kier alpha value is -2.65. The topological polar surface area (TPSA) is 20.3 Å². The minimum Gasteiger partial charge on any atom is -0.327 e. The number of nitrogens with zero attached hydrogens (tertiary/aromatic N) is 1. The summed E-state index contributed by atoms with van der Waals surface area (Å²) in [5.41, 5.74) is 3.20. The van der Waals surface area contributed by atoms with E-state index in [4.69, 9.17) is 11.6 Å². The second kappa shape index (κ2) is 6.93. The molecule has 3 aromatic rings. The van der Waals surface area contributed by atoms with Gasteiger partial charge < -0.3 is 4.90 Å². The number of carbonyl (C=O) groups is 1. The average molecular weight is 366 g/mol. The first-order valence-electron chi connectivity index (χ1n) is 8.54. The van der Waals surface area contributed by atoms with Crippen molar-refractivity contribution in [1.82, 2.24) is 4.90 Å². The molecule has 3 aromatic carbocycles. The maximum atomic E-state index is 14.6. The summed E-state index contributed by atoms with van der Waals surface area (Å²) in [6, 6.07) is 21.0. The van der Waals surface area contributed by atoms with Gasteiger partial charge in [0, 0.05) is 22.7 Å². The number of rotatable bonds is 2. The number of benzene rings is 3. The van der Waals surface area contributed by atoms with Gasteiger partial charge in [-0.05, 0) is 47.9 Å². The van der Waals surface area contributed by atoms with Gasteiger partial charge in [-0.2, -0.15) is 0 Å². The highest BCUT2D eigenvalue weighted by Crippen LogP contribution is 2.37. The molecule has 4 heteroatoms. The van der Waals surface area contributed by atoms with Crippen molar-refractivity contribution in [3.8, 4) is 0 Å². The molecule has 0 N–H and O–H groups in total. The number of halogens is 2. The number of hydrogen-bond donors (Lipinski definition) is 0. The third kappa shape index (κ3) is 2.99. The lowest BCUT2D eigenvalue weighted by Crippen LogP contribution is -2.41.